The first kappa shape index (κ1) is 21.4. The molecular formula is C24H24N2O6. The van der Waals surface area contributed by atoms with Crippen LogP contribution in [0.4, 0.5) is 5.69 Å². The molecule has 4 rings (SSSR count). The molecule has 8 heteroatoms. The van der Waals surface area contributed by atoms with E-state index in [2.05, 4.69) is 5.32 Å². The van der Waals surface area contributed by atoms with Gasteiger partial charge < -0.3 is 24.1 Å². The van der Waals surface area contributed by atoms with Crippen LogP contribution in [0, 0.1) is 5.92 Å². The van der Waals surface area contributed by atoms with E-state index in [0.29, 0.717) is 48.7 Å². The van der Waals surface area contributed by atoms with Crippen LogP contribution in [0.1, 0.15) is 12.8 Å². The SMILES string of the molecule is COc1ccccc1NC(=O)C1CCN(C(=O)COc2ccc3ccc(=O)oc3c2)CC1. The van der Waals surface area contributed by atoms with Crippen LogP contribution in [0.15, 0.2) is 63.8 Å². The summed E-state index contributed by atoms with van der Waals surface area (Å²) in [5, 5.41) is 3.69. The number of anilines is 1. The molecule has 2 heterocycles. The van der Waals surface area contributed by atoms with Crippen LogP contribution >= 0.6 is 0 Å². The highest BCUT2D eigenvalue weighted by atomic mass is 16.5. The number of rotatable bonds is 6. The van der Waals surface area contributed by atoms with E-state index >= 15 is 0 Å². The van der Waals surface area contributed by atoms with E-state index in [0.717, 1.165) is 5.39 Å². The smallest absolute Gasteiger partial charge is 0.336 e. The van der Waals surface area contributed by atoms with Gasteiger partial charge in [-0.1, -0.05) is 12.1 Å². The standard InChI is InChI=1S/C24H24N2O6/c1-30-20-5-3-2-4-19(20)25-24(29)17-10-12-26(13-11-17)22(27)15-31-18-8-6-16-7-9-23(28)32-21(16)14-18/h2-9,14,17H,10-13,15H2,1H3,(H,25,29). The summed E-state index contributed by atoms with van der Waals surface area (Å²) in [6.07, 6.45) is 1.15. The molecule has 0 radical (unpaired) electrons. The maximum absolute atomic E-state index is 12.6. The highest BCUT2D eigenvalue weighted by molar-refractivity contribution is 5.94. The third-order valence-corrected chi connectivity index (χ3v) is 5.54. The average Bonchev–Trinajstić information content (AvgIpc) is 2.82. The number of hydrogen-bond donors (Lipinski definition) is 1. The number of piperidine rings is 1. The quantitative estimate of drug-likeness (QED) is 0.597. The van der Waals surface area contributed by atoms with Gasteiger partial charge in [0.05, 0.1) is 12.8 Å². The number of nitrogens with zero attached hydrogens (tertiary/aromatic N) is 1. The number of fused-ring (bicyclic) bond motifs is 1. The van der Waals surface area contributed by atoms with Gasteiger partial charge in [0.2, 0.25) is 5.91 Å². The zero-order valence-electron chi connectivity index (χ0n) is 17.7. The van der Waals surface area contributed by atoms with Crippen molar-refractivity contribution in [3.8, 4) is 11.5 Å². The number of hydrogen-bond acceptors (Lipinski definition) is 6. The van der Waals surface area contributed by atoms with Crippen molar-refractivity contribution >= 4 is 28.5 Å². The lowest BCUT2D eigenvalue weighted by Crippen LogP contribution is -2.43. The average molecular weight is 436 g/mol. The minimum atomic E-state index is -0.441. The van der Waals surface area contributed by atoms with Gasteiger partial charge in [-0.15, -0.1) is 0 Å². The normalized spacial score (nSPS) is 14.2. The molecule has 1 aliphatic rings. The topological polar surface area (TPSA) is 98.1 Å². The number of carbonyl (C=O) groups excluding carboxylic acids is 2. The Labute approximate surface area is 184 Å². The van der Waals surface area contributed by atoms with Crippen molar-refractivity contribution in [3.63, 3.8) is 0 Å². The fourth-order valence-corrected chi connectivity index (χ4v) is 3.74. The van der Waals surface area contributed by atoms with Gasteiger partial charge in [0.1, 0.15) is 17.1 Å². The van der Waals surface area contributed by atoms with Gasteiger partial charge in [-0.2, -0.15) is 0 Å². The summed E-state index contributed by atoms with van der Waals surface area (Å²) in [6.45, 7) is 0.845. The fourth-order valence-electron chi connectivity index (χ4n) is 3.74. The Hall–Kier alpha value is -3.81. The van der Waals surface area contributed by atoms with E-state index in [-0.39, 0.29) is 24.3 Å². The first-order valence-electron chi connectivity index (χ1n) is 10.4. The molecule has 2 aromatic carbocycles. The van der Waals surface area contributed by atoms with Gasteiger partial charge >= 0.3 is 5.63 Å². The van der Waals surface area contributed by atoms with Crippen LogP contribution in [-0.2, 0) is 9.59 Å². The third kappa shape index (κ3) is 4.91. The van der Waals surface area contributed by atoms with Crippen LogP contribution in [0.5, 0.6) is 11.5 Å². The first-order valence-corrected chi connectivity index (χ1v) is 10.4. The molecule has 0 bridgehead atoms. The van der Waals surface area contributed by atoms with E-state index < -0.39 is 5.63 Å². The Morgan fingerprint density at radius 3 is 2.62 bits per heavy atom. The van der Waals surface area contributed by atoms with Crippen molar-refractivity contribution in [2.45, 2.75) is 12.8 Å². The number of nitrogens with one attached hydrogen (secondary N) is 1. The van der Waals surface area contributed by atoms with Gasteiger partial charge in [-0.05, 0) is 43.2 Å². The van der Waals surface area contributed by atoms with E-state index in [4.69, 9.17) is 13.9 Å². The molecule has 32 heavy (non-hydrogen) atoms. The molecule has 8 nitrogen and oxygen atoms in total. The number of benzene rings is 2. The molecule has 1 saturated heterocycles. The summed E-state index contributed by atoms with van der Waals surface area (Å²) in [5.74, 6) is 0.664. The molecule has 0 spiro atoms. The molecule has 2 amide bonds. The van der Waals surface area contributed by atoms with Crippen molar-refractivity contribution in [2.24, 2.45) is 5.92 Å². The summed E-state index contributed by atoms with van der Waals surface area (Å²) < 4.78 is 16.0. The molecule has 1 aliphatic heterocycles. The summed E-state index contributed by atoms with van der Waals surface area (Å²) in [4.78, 5) is 38.3. The molecule has 166 valence electrons. The van der Waals surface area contributed by atoms with E-state index in [9.17, 15) is 14.4 Å². The highest BCUT2D eigenvalue weighted by Crippen LogP contribution is 2.26. The number of likely N-dealkylation sites (tertiary alicyclic amines) is 1. The second-order valence-corrected chi connectivity index (χ2v) is 7.59. The second kappa shape index (κ2) is 9.55. The van der Waals surface area contributed by atoms with Crippen LogP contribution in [0.3, 0.4) is 0 Å². The largest absolute Gasteiger partial charge is 0.495 e. The Kier molecular flexibility index (Phi) is 6.39. The molecule has 0 unspecified atom stereocenters. The maximum atomic E-state index is 12.6. The maximum Gasteiger partial charge on any atom is 0.336 e. The molecule has 0 saturated carbocycles. The van der Waals surface area contributed by atoms with E-state index in [1.165, 1.54) is 6.07 Å². The van der Waals surface area contributed by atoms with Crippen molar-refractivity contribution in [1.82, 2.24) is 4.90 Å². The number of amides is 2. The minimum absolute atomic E-state index is 0.0736. The molecule has 0 atom stereocenters. The summed E-state index contributed by atoms with van der Waals surface area (Å²) in [6, 6.07) is 15.4. The number of methoxy groups -OCH3 is 1. The lowest BCUT2D eigenvalue weighted by atomic mass is 9.95. The zero-order chi connectivity index (χ0) is 22.5. The predicted molar refractivity (Wildman–Crippen MR) is 119 cm³/mol. The molecule has 1 aromatic heterocycles. The first-order chi connectivity index (χ1) is 15.5. The predicted octanol–water partition coefficient (Wildman–Crippen LogP) is 3.06. The second-order valence-electron chi connectivity index (χ2n) is 7.59. The third-order valence-electron chi connectivity index (χ3n) is 5.54. The van der Waals surface area contributed by atoms with E-state index in [1.807, 2.05) is 12.1 Å². The molecule has 1 fully saturated rings. The van der Waals surface area contributed by atoms with Gasteiger partial charge in [-0.25, -0.2) is 4.79 Å². The molecule has 0 aliphatic carbocycles. The Balaban J connectivity index is 1.28. The van der Waals surface area contributed by atoms with Crippen molar-refractivity contribution < 1.29 is 23.5 Å². The summed E-state index contributed by atoms with van der Waals surface area (Å²) in [5.41, 5.74) is 0.603. The summed E-state index contributed by atoms with van der Waals surface area (Å²) in [7, 11) is 1.56. The lowest BCUT2D eigenvalue weighted by Gasteiger charge is -2.31. The minimum Gasteiger partial charge on any atom is -0.495 e. The number of carbonyl (C=O) groups is 2. The van der Waals surface area contributed by atoms with Crippen LogP contribution in [-0.4, -0.2) is 43.5 Å². The molecule has 3 aromatic rings. The van der Waals surface area contributed by atoms with Gasteiger partial charge in [0, 0.05) is 36.5 Å². The zero-order valence-corrected chi connectivity index (χ0v) is 17.7. The molecule has 1 N–H and O–H groups in total. The van der Waals surface area contributed by atoms with Crippen molar-refractivity contribution in [3.05, 3.63) is 65.0 Å². The van der Waals surface area contributed by atoms with Crippen LogP contribution < -0.4 is 20.4 Å². The van der Waals surface area contributed by atoms with Gasteiger partial charge in [-0.3, -0.25) is 9.59 Å². The van der Waals surface area contributed by atoms with Crippen LogP contribution in [0.25, 0.3) is 11.0 Å². The van der Waals surface area contributed by atoms with Gasteiger partial charge in [0.25, 0.3) is 5.91 Å². The molecular weight excluding hydrogens is 412 g/mol. The van der Waals surface area contributed by atoms with Crippen LogP contribution in [0.2, 0.25) is 0 Å². The number of ether oxygens (including phenoxy) is 2. The summed E-state index contributed by atoms with van der Waals surface area (Å²) >= 11 is 0. The van der Waals surface area contributed by atoms with Gasteiger partial charge in [0.15, 0.2) is 6.61 Å². The Morgan fingerprint density at radius 1 is 1.09 bits per heavy atom. The monoisotopic (exact) mass is 436 g/mol. The van der Waals surface area contributed by atoms with Crippen molar-refractivity contribution in [2.75, 3.05) is 32.1 Å². The fraction of sp³-hybridized carbons (Fsp3) is 0.292. The van der Waals surface area contributed by atoms with E-state index in [1.54, 1.807) is 48.4 Å². The lowest BCUT2D eigenvalue weighted by molar-refractivity contribution is -0.136. The number of para-hydroxylation sites is 2. The Morgan fingerprint density at radius 2 is 1.84 bits per heavy atom. The Bertz CT molecular complexity index is 1180. The highest BCUT2D eigenvalue weighted by Gasteiger charge is 2.28. The van der Waals surface area contributed by atoms with Crippen molar-refractivity contribution in [1.29, 1.82) is 0 Å².